The van der Waals surface area contributed by atoms with Gasteiger partial charge in [0.2, 0.25) is 0 Å². The Balaban J connectivity index is 1.59. The number of hydrogen-bond donors (Lipinski definition) is 1. The molecule has 0 bridgehead atoms. The molecule has 23 heavy (non-hydrogen) atoms. The predicted octanol–water partition coefficient (Wildman–Crippen LogP) is 3.70. The first-order valence-electron chi connectivity index (χ1n) is 7.67. The highest BCUT2D eigenvalue weighted by Gasteiger charge is 2.11. The Morgan fingerprint density at radius 3 is 2.48 bits per heavy atom. The average molecular weight is 328 g/mol. The Kier molecular flexibility index (Phi) is 4.93. The number of carbonyl (C=O) groups excluding carboxylic acids is 1. The molecule has 1 N–H and O–H groups in total. The highest BCUT2D eigenvalue weighted by molar-refractivity contribution is 6.33. The first kappa shape index (κ1) is 15.6. The van der Waals surface area contributed by atoms with Gasteiger partial charge in [0.05, 0.1) is 16.8 Å². The molecule has 2 aromatic carbocycles. The average Bonchev–Trinajstić information content (AvgIpc) is 3.10. The largest absolute Gasteiger partial charge is 0.372 e. The van der Waals surface area contributed by atoms with E-state index in [-0.39, 0.29) is 5.91 Å². The van der Waals surface area contributed by atoms with Crippen LogP contribution in [0, 0.1) is 0 Å². The van der Waals surface area contributed by atoms with Crippen LogP contribution >= 0.6 is 11.6 Å². The molecule has 1 saturated heterocycles. The van der Waals surface area contributed by atoms with Gasteiger partial charge in [-0.15, -0.1) is 0 Å². The van der Waals surface area contributed by atoms with E-state index in [9.17, 15) is 4.79 Å². The molecule has 0 unspecified atom stereocenters. The summed E-state index contributed by atoms with van der Waals surface area (Å²) >= 11 is 5.98. The Bertz CT molecular complexity index is 706. The number of hydrogen-bond acceptors (Lipinski definition) is 3. The van der Waals surface area contributed by atoms with Gasteiger partial charge in [-0.2, -0.15) is 5.10 Å². The highest BCUT2D eigenvalue weighted by atomic mass is 35.5. The standard InChI is InChI=1S/C18H18ClN3O/c19-17-6-2-1-5-16(17)18(23)21-20-13-14-7-9-15(10-8-14)22-11-3-4-12-22/h1-2,5-10,13H,3-4,11-12H2,(H,21,23)/b20-13-. The molecule has 0 saturated carbocycles. The molecule has 118 valence electrons. The van der Waals surface area contributed by atoms with Crippen LogP contribution in [0.15, 0.2) is 53.6 Å². The van der Waals surface area contributed by atoms with Crippen molar-refractivity contribution in [2.24, 2.45) is 5.10 Å². The van der Waals surface area contributed by atoms with Crippen LogP contribution in [0.4, 0.5) is 5.69 Å². The predicted molar refractivity (Wildman–Crippen MR) is 94.4 cm³/mol. The monoisotopic (exact) mass is 327 g/mol. The molecule has 0 radical (unpaired) electrons. The minimum atomic E-state index is -0.319. The minimum absolute atomic E-state index is 0.319. The van der Waals surface area contributed by atoms with Crippen LogP contribution in [-0.2, 0) is 0 Å². The lowest BCUT2D eigenvalue weighted by Crippen LogP contribution is -2.18. The van der Waals surface area contributed by atoms with Crippen LogP contribution in [0.1, 0.15) is 28.8 Å². The molecule has 0 aliphatic carbocycles. The number of nitrogens with zero attached hydrogens (tertiary/aromatic N) is 2. The van der Waals surface area contributed by atoms with Crippen LogP contribution in [0.25, 0.3) is 0 Å². The molecular weight excluding hydrogens is 310 g/mol. The summed E-state index contributed by atoms with van der Waals surface area (Å²) in [6.07, 6.45) is 4.15. The molecule has 1 fully saturated rings. The van der Waals surface area contributed by atoms with Gasteiger partial charge >= 0.3 is 0 Å². The van der Waals surface area contributed by atoms with Crippen LogP contribution in [0.3, 0.4) is 0 Å². The summed E-state index contributed by atoms with van der Waals surface area (Å²) in [7, 11) is 0. The zero-order valence-corrected chi connectivity index (χ0v) is 13.5. The maximum Gasteiger partial charge on any atom is 0.272 e. The molecule has 2 aromatic rings. The van der Waals surface area contributed by atoms with Crippen molar-refractivity contribution in [3.63, 3.8) is 0 Å². The number of nitrogens with one attached hydrogen (secondary N) is 1. The first-order valence-corrected chi connectivity index (χ1v) is 8.05. The molecule has 0 spiro atoms. The van der Waals surface area contributed by atoms with Crippen LogP contribution in [0.2, 0.25) is 5.02 Å². The summed E-state index contributed by atoms with van der Waals surface area (Å²) in [5.41, 5.74) is 5.08. The molecular formula is C18H18ClN3O. The molecule has 0 aromatic heterocycles. The van der Waals surface area contributed by atoms with E-state index in [1.807, 2.05) is 12.1 Å². The van der Waals surface area contributed by atoms with E-state index in [4.69, 9.17) is 11.6 Å². The first-order chi connectivity index (χ1) is 11.2. The van der Waals surface area contributed by atoms with Crippen LogP contribution in [0.5, 0.6) is 0 Å². The molecule has 4 nitrogen and oxygen atoms in total. The number of benzene rings is 2. The van der Waals surface area contributed by atoms with E-state index in [1.165, 1.54) is 18.5 Å². The van der Waals surface area contributed by atoms with Gasteiger partial charge in [-0.25, -0.2) is 5.43 Å². The van der Waals surface area contributed by atoms with Gasteiger partial charge in [0.1, 0.15) is 0 Å². The third kappa shape index (κ3) is 3.90. The normalized spacial score (nSPS) is 14.4. The number of hydrazone groups is 1. The molecule has 1 aliphatic heterocycles. The Morgan fingerprint density at radius 2 is 1.78 bits per heavy atom. The molecule has 3 rings (SSSR count). The van der Waals surface area contributed by atoms with E-state index >= 15 is 0 Å². The lowest BCUT2D eigenvalue weighted by Gasteiger charge is -2.17. The van der Waals surface area contributed by atoms with Gasteiger partial charge in [-0.3, -0.25) is 4.79 Å². The van der Waals surface area contributed by atoms with Gasteiger partial charge in [0.15, 0.2) is 0 Å². The van der Waals surface area contributed by atoms with Crippen LogP contribution < -0.4 is 10.3 Å². The second-order valence-corrected chi connectivity index (χ2v) is 5.87. The van der Waals surface area contributed by atoms with Crippen molar-refractivity contribution >= 4 is 29.4 Å². The fourth-order valence-electron chi connectivity index (χ4n) is 2.62. The maximum atomic E-state index is 12.0. The van der Waals surface area contributed by atoms with E-state index in [0.717, 1.165) is 18.7 Å². The fourth-order valence-corrected chi connectivity index (χ4v) is 2.84. The van der Waals surface area contributed by atoms with E-state index < -0.39 is 0 Å². The molecule has 1 aliphatic rings. The lowest BCUT2D eigenvalue weighted by molar-refractivity contribution is 0.0955. The summed E-state index contributed by atoms with van der Waals surface area (Å²) in [6.45, 7) is 2.25. The van der Waals surface area contributed by atoms with Gasteiger partial charge in [0.25, 0.3) is 5.91 Å². The highest BCUT2D eigenvalue weighted by Crippen LogP contribution is 2.20. The van der Waals surface area contributed by atoms with Gasteiger partial charge in [-0.05, 0) is 42.7 Å². The van der Waals surface area contributed by atoms with E-state index in [1.54, 1.807) is 30.5 Å². The number of carbonyl (C=O) groups is 1. The third-order valence-electron chi connectivity index (χ3n) is 3.86. The van der Waals surface area contributed by atoms with Gasteiger partial charge < -0.3 is 4.90 Å². The molecule has 5 heteroatoms. The summed E-state index contributed by atoms with van der Waals surface area (Å²) < 4.78 is 0. The SMILES string of the molecule is O=C(N/N=C\c1ccc(N2CCCC2)cc1)c1ccccc1Cl. The number of anilines is 1. The second-order valence-electron chi connectivity index (χ2n) is 5.46. The zero-order valence-electron chi connectivity index (χ0n) is 12.7. The van der Waals surface area contributed by atoms with Crippen molar-refractivity contribution in [1.82, 2.24) is 5.43 Å². The molecule has 1 heterocycles. The van der Waals surface area contributed by atoms with Crippen molar-refractivity contribution in [2.75, 3.05) is 18.0 Å². The third-order valence-corrected chi connectivity index (χ3v) is 4.19. The van der Waals surface area contributed by atoms with Crippen molar-refractivity contribution in [3.8, 4) is 0 Å². The van der Waals surface area contributed by atoms with E-state index in [0.29, 0.717) is 10.6 Å². The molecule has 1 amide bonds. The number of halogens is 1. The summed E-state index contributed by atoms with van der Waals surface area (Å²) in [6, 6.07) is 15.1. The minimum Gasteiger partial charge on any atom is -0.372 e. The summed E-state index contributed by atoms with van der Waals surface area (Å²) in [5.74, 6) is -0.319. The van der Waals surface area contributed by atoms with Crippen molar-refractivity contribution in [2.45, 2.75) is 12.8 Å². The van der Waals surface area contributed by atoms with Crippen LogP contribution in [-0.4, -0.2) is 25.2 Å². The topological polar surface area (TPSA) is 44.7 Å². The smallest absolute Gasteiger partial charge is 0.272 e. The summed E-state index contributed by atoms with van der Waals surface area (Å²) in [5, 5.41) is 4.40. The van der Waals surface area contributed by atoms with Gasteiger partial charge in [-0.1, -0.05) is 35.9 Å². The lowest BCUT2D eigenvalue weighted by atomic mass is 10.2. The fraction of sp³-hybridized carbons (Fsp3) is 0.222. The van der Waals surface area contributed by atoms with Crippen molar-refractivity contribution in [3.05, 3.63) is 64.7 Å². The Labute approximate surface area is 140 Å². The quantitative estimate of drug-likeness (QED) is 0.687. The van der Waals surface area contributed by atoms with Gasteiger partial charge in [0, 0.05) is 18.8 Å². The van der Waals surface area contributed by atoms with Crippen molar-refractivity contribution < 1.29 is 4.79 Å². The second kappa shape index (κ2) is 7.29. The number of amides is 1. The zero-order chi connectivity index (χ0) is 16.1. The summed E-state index contributed by atoms with van der Waals surface area (Å²) in [4.78, 5) is 14.3. The number of rotatable bonds is 4. The van der Waals surface area contributed by atoms with E-state index in [2.05, 4.69) is 27.6 Å². The Hall–Kier alpha value is -2.33. The van der Waals surface area contributed by atoms with Crippen molar-refractivity contribution in [1.29, 1.82) is 0 Å². The molecule has 0 atom stereocenters. The maximum absolute atomic E-state index is 12.0. The Morgan fingerprint density at radius 1 is 1.09 bits per heavy atom.